The van der Waals surface area contributed by atoms with Crippen LogP contribution in [0.2, 0.25) is 0 Å². The smallest absolute Gasteiger partial charge is 0.199 e. The Bertz CT molecular complexity index is 443. The average molecular weight is 257 g/mol. The SMILES string of the molecule is CC1N=C(Cl)C(Oc2ccccc2)=C(Cl)N1. The summed E-state index contributed by atoms with van der Waals surface area (Å²) in [5.74, 6) is 1.02. The van der Waals surface area contributed by atoms with Gasteiger partial charge in [-0.25, -0.2) is 4.99 Å². The summed E-state index contributed by atoms with van der Waals surface area (Å²) in [6, 6.07) is 9.28. The first-order valence-corrected chi connectivity index (χ1v) is 5.55. The van der Waals surface area contributed by atoms with Gasteiger partial charge in [0.1, 0.15) is 17.1 Å². The molecule has 0 saturated heterocycles. The molecule has 0 bridgehead atoms. The van der Waals surface area contributed by atoms with Crippen LogP contribution < -0.4 is 10.1 Å². The van der Waals surface area contributed by atoms with Gasteiger partial charge < -0.3 is 10.1 Å². The third kappa shape index (κ3) is 2.49. The summed E-state index contributed by atoms with van der Waals surface area (Å²) in [6.07, 6.45) is -0.136. The third-order valence-electron chi connectivity index (χ3n) is 1.99. The lowest BCUT2D eigenvalue weighted by Gasteiger charge is -2.20. The van der Waals surface area contributed by atoms with Gasteiger partial charge in [0, 0.05) is 0 Å². The van der Waals surface area contributed by atoms with Crippen LogP contribution in [0.5, 0.6) is 5.75 Å². The second kappa shape index (κ2) is 4.76. The normalized spacial score (nSPS) is 20.2. The van der Waals surface area contributed by atoms with E-state index in [-0.39, 0.29) is 11.3 Å². The van der Waals surface area contributed by atoms with Gasteiger partial charge >= 0.3 is 0 Å². The van der Waals surface area contributed by atoms with Gasteiger partial charge in [-0.1, -0.05) is 41.4 Å². The monoisotopic (exact) mass is 256 g/mol. The first kappa shape index (κ1) is 11.3. The van der Waals surface area contributed by atoms with E-state index < -0.39 is 0 Å². The molecule has 1 atom stereocenters. The Balaban J connectivity index is 2.22. The molecule has 0 saturated carbocycles. The van der Waals surface area contributed by atoms with Gasteiger partial charge in [0.05, 0.1) is 0 Å². The van der Waals surface area contributed by atoms with E-state index in [0.717, 1.165) is 0 Å². The molecule has 1 aliphatic heterocycles. The fourth-order valence-electron chi connectivity index (χ4n) is 1.29. The molecule has 1 aromatic rings. The Labute approximate surface area is 104 Å². The molecule has 16 heavy (non-hydrogen) atoms. The Morgan fingerprint density at radius 1 is 1.25 bits per heavy atom. The van der Waals surface area contributed by atoms with Crippen LogP contribution in [0.1, 0.15) is 6.92 Å². The first-order valence-electron chi connectivity index (χ1n) is 4.79. The molecule has 1 unspecified atom stereocenters. The van der Waals surface area contributed by atoms with Gasteiger partial charge in [0.2, 0.25) is 0 Å². The van der Waals surface area contributed by atoms with Crippen molar-refractivity contribution in [1.82, 2.24) is 5.32 Å². The lowest BCUT2D eigenvalue weighted by Crippen LogP contribution is -2.30. The molecule has 0 radical (unpaired) electrons. The van der Waals surface area contributed by atoms with Crippen molar-refractivity contribution in [3.63, 3.8) is 0 Å². The molecule has 1 N–H and O–H groups in total. The van der Waals surface area contributed by atoms with Crippen LogP contribution in [-0.2, 0) is 0 Å². The molecule has 3 nitrogen and oxygen atoms in total. The topological polar surface area (TPSA) is 33.6 Å². The van der Waals surface area contributed by atoms with E-state index in [1.165, 1.54) is 0 Å². The number of ether oxygens (including phenoxy) is 1. The molecule has 0 fully saturated rings. The molecule has 84 valence electrons. The van der Waals surface area contributed by atoms with Crippen molar-refractivity contribution in [3.8, 4) is 5.75 Å². The Hall–Kier alpha value is -1.19. The van der Waals surface area contributed by atoms with E-state index in [1.54, 1.807) is 0 Å². The van der Waals surface area contributed by atoms with Gasteiger partial charge in [0.15, 0.2) is 10.9 Å². The van der Waals surface area contributed by atoms with Crippen molar-refractivity contribution < 1.29 is 4.74 Å². The summed E-state index contributed by atoms with van der Waals surface area (Å²) in [7, 11) is 0. The molecule has 0 aromatic heterocycles. The van der Waals surface area contributed by atoms with Gasteiger partial charge in [-0.05, 0) is 19.1 Å². The number of rotatable bonds is 2. The largest absolute Gasteiger partial charge is 0.451 e. The second-order valence-electron chi connectivity index (χ2n) is 3.30. The van der Waals surface area contributed by atoms with Crippen LogP contribution in [0.3, 0.4) is 0 Å². The van der Waals surface area contributed by atoms with Crippen molar-refractivity contribution in [3.05, 3.63) is 41.2 Å². The highest BCUT2D eigenvalue weighted by Gasteiger charge is 2.20. The Kier molecular flexibility index (Phi) is 3.36. The molecule has 2 rings (SSSR count). The second-order valence-corrected chi connectivity index (χ2v) is 4.03. The maximum absolute atomic E-state index is 6.00. The molecule has 1 aliphatic rings. The van der Waals surface area contributed by atoms with E-state index in [4.69, 9.17) is 27.9 Å². The standard InChI is InChI=1S/C11H10Cl2N2O/c1-7-14-10(12)9(11(13)15-7)16-8-5-3-2-4-6-8/h2-7,14H,1H3. The first-order chi connectivity index (χ1) is 7.66. The zero-order valence-electron chi connectivity index (χ0n) is 8.58. The molecule has 0 amide bonds. The van der Waals surface area contributed by atoms with Crippen LogP contribution in [0.4, 0.5) is 0 Å². The molecule has 1 aromatic carbocycles. The predicted molar refractivity (Wildman–Crippen MR) is 65.8 cm³/mol. The summed E-state index contributed by atoms with van der Waals surface area (Å²) in [4.78, 5) is 4.11. The predicted octanol–water partition coefficient (Wildman–Crippen LogP) is 3.06. The summed E-state index contributed by atoms with van der Waals surface area (Å²) < 4.78 is 5.55. The Morgan fingerprint density at radius 3 is 2.56 bits per heavy atom. The van der Waals surface area contributed by atoms with E-state index in [9.17, 15) is 0 Å². The van der Waals surface area contributed by atoms with E-state index >= 15 is 0 Å². The fourth-order valence-corrected chi connectivity index (χ4v) is 1.91. The fraction of sp³-hybridized carbons (Fsp3) is 0.182. The van der Waals surface area contributed by atoms with Gasteiger partial charge in [-0.15, -0.1) is 0 Å². The maximum Gasteiger partial charge on any atom is 0.199 e. The van der Waals surface area contributed by atoms with Crippen LogP contribution in [0, 0.1) is 0 Å². The molecule has 0 spiro atoms. The molecule has 0 aliphatic carbocycles. The van der Waals surface area contributed by atoms with Crippen LogP contribution >= 0.6 is 23.2 Å². The van der Waals surface area contributed by atoms with Crippen molar-refractivity contribution >= 4 is 28.4 Å². The number of nitrogens with one attached hydrogen (secondary N) is 1. The van der Waals surface area contributed by atoms with Crippen LogP contribution in [0.15, 0.2) is 46.2 Å². The third-order valence-corrected chi connectivity index (χ3v) is 2.54. The average Bonchev–Trinajstić information content (AvgIpc) is 2.25. The number of hydrogen-bond donors (Lipinski definition) is 1. The number of aliphatic imine (C=N–C) groups is 1. The molecular weight excluding hydrogens is 247 g/mol. The summed E-state index contributed by atoms with van der Waals surface area (Å²) in [6.45, 7) is 1.85. The number of para-hydroxylation sites is 1. The van der Waals surface area contributed by atoms with Gasteiger partial charge in [0.25, 0.3) is 0 Å². The quantitative estimate of drug-likeness (QED) is 0.826. The molecule has 5 heteroatoms. The van der Waals surface area contributed by atoms with Crippen molar-refractivity contribution in [2.24, 2.45) is 4.99 Å². The zero-order valence-corrected chi connectivity index (χ0v) is 10.1. The Morgan fingerprint density at radius 2 is 1.94 bits per heavy atom. The highest BCUT2D eigenvalue weighted by Crippen LogP contribution is 2.22. The number of allylic oxidation sites excluding steroid dienone is 1. The highest BCUT2D eigenvalue weighted by atomic mass is 35.5. The van der Waals surface area contributed by atoms with Crippen molar-refractivity contribution in [2.45, 2.75) is 13.1 Å². The lowest BCUT2D eigenvalue weighted by atomic mass is 10.3. The van der Waals surface area contributed by atoms with E-state index in [0.29, 0.717) is 16.7 Å². The van der Waals surface area contributed by atoms with Crippen molar-refractivity contribution in [1.29, 1.82) is 0 Å². The minimum absolute atomic E-state index is 0.136. The van der Waals surface area contributed by atoms with Gasteiger partial charge in [-0.3, -0.25) is 0 Å². The van der Waals surface area contributed by atoms with Crippen LogP contribution in [0.25, 0.3) is 0 Å². The van der Waals surface area contributed by atoms with Crippen LogP contribution in [-0.4, -0.2) is 11.3 Å². The van der Waals surface area contributed by atoms with Gasteiger partial charge in [-0.2, -0.15) is 0 Å². The molecular formula is C11H10Cl2N2O. The maximum atomic E-state index is 6.00. The summed E-state index contributed by atoms with van der Waals surface area (Å²) in [5.41, 5.74) is 0. The number of hydrogen-bond acceptors (Lipinski definition) is 3. The zero-order chi connectivity index (χ0) is 11.5. The summed E-state index contributed by atoms with van der Waals surface area (Å²) >= 11 is 12.0. The highest BCUT2D eigenvalue weighted by molar-refractivity contribution is 6.70. The lowest BCUT2D eigenvalue weighted by molar-refractivity contribution is 0.438. The number of benzene rings is 1. The van der Waals surface area contributed by atoms with E-state index in [2.05, 4.69) is 10.3 Å². The molecule has 1 heterocycles. The summed E-state index contributed by atoms with van der Waals surface area (Å²) in [5, 5.41) is 3.58. The number of halogens is 2. The van der Waals surface area contributed by atoms with E-state index in [1.807, 2.05) is 37.3 Å². The minimum Gasteiger partial charge on any atom is -0.451 e. The van der Waals surface area contributed by atoms with Crippen molar-refractivity contribution in [2.75, 3.05) is 0 Å². The minimum atomic E-state index is -0.136. The number of nitrogens with zero attached hydrogens (tertiary/aromatic N) is 1.